The number of alkyl halides is 1. The van der Waals surface area contributed by atoms with Gasteiger partial charge in [-0.25, -0.2) is 0 Å². The van der Waals surface area contributed by atoms with Gasteiger partial charge in [0.25, 0.3) is 0 Å². The average molecular weight is 189 g/mol. The van der Waals surface area contributed by atoms with Crippen molar-refractivity contribution in [3.05, 3.63) is 11.1 Å². The molecule has 2 nitrogen and oxygen atoms in total. The Kier molecular flexibility index (Phi) is 3.76. The average Bonchev–Trinajstić information content (AvgIpc) is 2.07. The fraction of sp³-hybridized carbons (Fsp3) is 0.667. The molecule has 0 amide bonds. The van der Waals surface area contributed by atoms with E-state index in [1.165, 1.54) is 6.42 Å². The van der Waals surface area contributed by atoms with Gasteiger partial charge in [-0.3, -0.25) is 4.79 Å². The van der Waals surface area contributed by atoms with Crippen molar-refractivity contribution < 1.29 is 9.90 Å². The molecule has 1 aliphatic rings. The Morgan fingerprint density at radius 1 is 1.42 bits per heavy atom. The summed E-state index contributed by atoms with van der Waals surface area (Å²) < 4.78 is 0. The van der Waals surface area contributed by atoms with E-state index in [4.69, 9.17) is 16.7 Å². The fourth-order valence-electron chi connectivity index (χ4n) is 1.58. The Hall–Kier alpha value is -0.340. The van der Waals surface area contributed by atoms with Gasteiger partial charge in [-0.15, -0.1) is 0 Å². The summed E-state index contributed by atoms with van der Waals surface area (Å²) in [4.78, 5) is 10.5. The van der Waals surface area contributed by atoms with E-state index in [0.717, 1.165) is 31.3 Å². The van der Waals surface area contributed by atoms with E-state index in [1.807, 2.05) is 0 Å². The normalized spacial score (nSPS) is 20.3. The van der Waals surface area contributed by atoms with Crippen LogP contribution in [-0.4, -0.2) is 17.0 Å². The molecule has 0 aromatic rings. The van der Waals surface area contributed by atoms with E-state index in [2.05, 4.69) is 0 Å². The van der Waals surface area contributed by atoms with Crippen molar-refractivity contribution >= 4 is 17.9 Å². The fourth-order valence-corrected chi connectivity index (χ4v) is 1.78. The topological polar surface area (TPSA) is 37.3 Å². The number of carbonyl (C=O) groups is 1. The smallest absolute Gasteiger partial charge is 0.156 e. The van der Waals surface area contributed by atoms with Crippen molar-refractivity contribution in [3.8, 4) is 0 Å². The Morgan fingerprint density at radius 2 is 2.00 bits per heavy atom. The maximum Gasteiger partial charge on any atom is 0.156 e. The number of hydrogen-bond donors (Lipinski definition) is 1. The van der Waals surface area contributed by atoms with Gasteiger partial charge in [0.1, 0.15) is 6.29 Å². The van der Waals surface area contributed by atoms with Gasteiger partial charge in [-0.2, -0.15) is 0 Å². The van der Waals surface area contributed by atoms with E-state index >= 15 is 0 Å². The zero-order valence-corrected chi connectivity index (χ0v) is 7.68. The molecule has 1 fully saturated rings. The summed E-state index contributed by atoms with van der Waals surface area (Å²) >= 11 is 5.44. The highest BCUT2D eigenvalue weighted by molar-refractivity contribution is 6.23. The molecule has 68 valence electrons. The minimum Gasteiger partial charge on any atom is -0.373 e. The maximum absolute atomic E-state index is 10.5. The van der Waals surface area contributed by atoms with Gasteiger partial charge in [0, 0.05) is 5.57 Å². The van der Waals surface area contributed by atoms with Crippen LogP contribution in [-0.2, 0) is 4.79 Å². The zero-order valence-electron chi connectivity index (χ0n) is 6.92. The number of allylic oxidation sites excluding steroid dienone is 1. The van der Waals surface area contributed by atoms with Crippen LogP contribution >= 0.6 is 11.6 Å². The first-order chi connectivity index (χ1) is 5.75. The Balaban J connectivity index is 2.75. The summed E-state index contributed by atoms with van der Waals surface area (Å²) in [6, 6.07) is 0. The lowest BCUT2D eigenvalue weighted by Crippen LogP contribution is -2.09. The quantitative estimate of drug-likeness (QED) is 0.409. The molecule has 0 saturated heterocycles. The predicted molar refractivity (Wildman–Crippen MR) is 48.0 cm³/mol. The number of aliphatic hydroxyl groups is 1. The first-order valence-electron chi connectivity index (χ1n) is 4.25. The highest BCUT2D eigenvalue weighted by Gasteiger charge is 2.15. The van der Waals surface area contributed by atoms with Crippen molar-refractivity contribution in [2.24, 2.45) is 0 Å². The van der Waals surface area contributed by atoms with Crippen molar-refractivity contribution in [2.75, 3.05) is 0 Å². The highest BCUT2D eigenvalue weighted by Crippen LogP contribution is 2.26. The Bertz CT molecular complexity index is 189. The number of hydrogen-bond acceptors (Lipinski definition) is 2. The van der Waals surface area contributed by atoms with E-state index < -0.39 is 5.56 Å². The van der Waals surface area contributed by atoms with Gasteiger partial charge in [-0.1, -0.05) is 23.6 Å². The summed E-state index contributed by atoms with van der Waals surface area (Å²) in [6.45, 7) is 0. The van der Waals surface area contributed by atoms with Crippen molar-refractivity contribution in [3.63, 3.8) is 0 Å². The number of halogens is 1. The highest BCUT2D eigenvalue weighted by atomic mass is 35.5. The summed E-state index contributed by atoms with van der Waals surface area (Å²) in [6.07, 6.45) is 5.94. The van der Waals surface area contributed by atoms with Gasteiger partial charge in [0.2, 0.25) is 0 Å². The molecule has 0 radical (unpaired) electrons. The van der Waals surface area contributed by atoms with E-state index in [0.29, 0.717) is 11.9 Å². The second-order valence-electron chi connectivity index (χ2n) is 3.07. The first kappa shape index (κ1) is 9.75. The second kappa shape index (κ2) is 4.63. The van der Waals surface area contributed by atoms with Crippen LogP contribution in [0, 0.1) is 0 Å². The Labute approximate surface area is 77.2 Å². The Morgan fingerprint density at radius 3 is 2.42 bits per heavy atom. The molecule has 12 heavy (non-hydrogen) atoms. The largest absolute Gasteiger partial charge is 0.373 e. The molecule has 3 heteroatoms. The minimum absolute atomic E-state index is 0.386. The number of carbonyl (C=O) groups excluding carboxylic acids is 1. The van der Waals surface area contributed by atoms with Gasteiger partial charge < -0.3 is 5.11 Å². The molecule has 0 bridgehead atoms. The van der Waals surface area contributed by atoms with E-state index in [-0.39, 0.29) is 0 Å². The minimum atomic E-state index is -1.12. The van der Waals surface area contributed by atoms with Crippen LogP contribution in [0.1, 0.15) is 32.1 Å². The predicted octanol–water partition coefficient (Wildman–Crippen LogP) is 2.00. The summed E-state index contributed by atoms with van der Waals surface area (Å²) in [5.41, 5.74) is 0.311. The lowest BCUT2D eigenvalue weighted by Gasteiger charge is -2.16. The molecule has 1 rings (SSSR count). The number of aliphatic hydroxyl groups excluding tert-OH is 1. The van der Waals surface area contributed by atoms with Gasteiger partial charge >= 0.3 is 0 Å². The van der Waals surface area contributed by atoms with Crippen LogP contribution < -0.4 is 0 Å². The van der Waals surface area contributed by atoms with Gasteiger partial charge in [0.15, 0.2) is 5.56 Å². The molecular formula is C9H13ClO2. The van der Waals surface area contributed by atoms with E-state index in [1.54, 1.807) is 0 Å². The number of aldehydes is 1. The van der Waals surface area contributed by atoms with Crippen molar-refractivity contribution in [1.82, 2.24) is 0 Å². The second-order valence-corrected chi connectivity index (χ2v) is 3.49. The van der Waals surface area contributed by atoms with Crippen LogP contribution in [0.3, 0.4) is 0 Å². The van der Waals surface area contributed by atoms with Crippen molar-refractivity contribution in [2.45, 2.75) is 37.7 Å². The lowest BCUT2D eigenvalue weighted by atomic mass is 9.91. The van der Waals surface area contributed by atoms with Crippen molar-refractivity contribution in [1.29, 1.82) is 0 Å². The van der Waals surface area contributed by atoms with Gasteiger partial charge in [-0.05, 0) is 25.7 Å². The molecule has 0 heterocycles. The first-order valence-corrected chi connectivity index (χ1v) is 4.68. The third kappa shape index (κ3) is 2.32. The standard InChI is InChI=1S/C9H13ClO2/c10-9(12)8(6-11)7-4-2-1-3-5-7/h6,9,12H,1-5H2. The molecule has 0 aromatic carbocycles. The molecular weight excluding hydrogens is 176 g/mol. The summed E-state index contributed by atoms with van der Waals surface area (Å²) in [5, 5.41) is 9.04. The lowest BCUT2D eigenvalue weighted by molar-refractivity contribution is -0.105. The third-order valence-electron chi connectivity index (χ3n) is 2.25. The molecule has 1 aliphatic carbocycles. The van der Waals surface area contributed by atoms with Crippen LogP contribution in [0.5, 0.6) is 0 Å². The van der Waals surface area contributed by atoms with Crippen LogP contribution in [0.4, 0.5) is 0 Å². The van der Waals surface area contributed by atoms with Crippen LogP contribution in [0.2, 0.25) is 0 Å². The maximum atomic E-state index is 10.5. The number of rotatable bonds is 2. The molecule has 0 aliphatic heterocycles. The molecule has 0 spiro atoms. The SMILES string of the molecule is O=CC(=C1CCCCC1)C(O)Cl. The molecule has 1 atom stereocenters. The summed E-state index contributed by atoms with van der Waals surface area (Å²) in [5.74, 6) is 0. The molecule has 1 unspecified atom stereocenters. The third-order valence-corrected chi connectivity index (χ3v) is 2.48. The monoisotopic (exact) mass is 188 g/mol. The van der Waals surface area contributed by atoms with Crippen LogP contribution in [0.15, 0.2) is 11.1 Å². The molecule has 1 N–H and O–H groups in total. The zero-order chi connectivity index (χ0) is 8.97. The van der Waals surface area contributed by atoms with Crippen LogP contribution in [0.25, 0.3) is 0 Å². The molecule has 1 saturated carbocycles. The van der Waals surface area contributed by atoms with Gasteiger partial charge in [0.05, 0.1) is 0 Å². The molecule has 0 aromatic heterocycles. The summed E-state index contributed by atoms with van der Waals surface area (Å²) in [7, 11) is 0. The van der Waals surface area contributed by atoms with E-state index in [9.17, 15) is 4.79 Å².